The molecule has 2 N–H and O–H groups in total. The van der Waals surface area contributed by atoms with Gasteiger partial charge in [0.2, 0.25) is 0 Å². The molecule has 0 saturated heterocycles. The number of halogens is 1. The molecule has 0 aliphatic carbocycles. The van der Waals surface area contributed by atoms with Gasteiger partial charge in [-0.2, -0.15) is 5.26 Å². The van der Waals surface area contributed by atoms with Gasteiger partial charge in [-0.25, -0.2) is 0 Å². The summed E-state index contributed by atoms with van der Waals surface area (Å²) in [5, 5.41) is 8.95. The molecule has 1 rings (SSSR count). The third-order valence-corrected chi connectivity index (χ3v) is 3.87. The van der Waals surface area contributed by atoms with Crippen LogP contribution in [0.1, 0.15) is 31.9 Å². The van der Waals surface area contributed by atoms with Gasteiger partial charge in [0, 0.05) is 23.1 Å². The van der Waals surface area contributed by atoms with Gasteiger partial charge in [0.1, 0.15) is 0 Å². The highest BCUT2D eigenvalue weighted by atomic mass is 79.9. The normalized spacial score (nSPS) is 15.8. The molecule has 3 unspecified atom stereocenters. The van der Waals surface area contributed by atoms with E-state index in [1.54, 1.807) is 0 Å². The van der Waals surface area contributed by atoms with E-state index in [0.29, 0.717) is 0 Å². The first-order valence-electron chi connectivity index (χ1n) is 6.60. The van der Waals surface area contributed by atoms with Crippen molar-refractivity contribution in [3.05, 3.63) is 34.3 Å². The molecule has 0 fully saturated rings. The van der Waals surface area contributed by atoms with E-state index in [1.165, 1.54) is 5.56 Å². The number of benzene rings is 1. The van der Waals surface area contributed by atoms with Crippen molar-refractivity contribution in [1.82, 2.24) is 4.90 Å². The Bertz CT molecular complexity index is 424. The Hall–Kier alpha value is -0.890. The largest absolute Gasteiger partial charge is 0.326 e. The summed E-state index contributed by atoms with van der Waals surface area (Å²) >= 11 is 3.45. The van der Waals surface area contributed by atoms with Crippen LogP contribution in [0.3, 0.4) is 0 Å². The molecular formula is C15H22BrN3. The van der Waals surface area contributed by atoms with Crippen molar-refractivity contribution >= 4 is 15.9 Å². The van der Waals surface area contributed by atoms with E-state index in [9.17, 15) is 0 Å². The van der Waals surface area contributed by atoms with E-state index in [1.807, 2.05) is 26.1 Å². The molecule has 0 aliphatic heterocycles. The molecule has 1 aromatic carbocycles. The number of nitrogens with zero attached hydrogens (tertiary/aromatic N) is 2. The quantitative estimate of drug-likeness (QED) is 0.873. The Balaban J connectivity index is 2.95. The average molecular weight is 324 g/mol. The maximum Gasteiger partial charge on any atom is 0.0666 e. The second kappa shape index (κ2) is 7.64. The predicted octanol–water partition coefficient (Wildman–Crippen LogP) is 3.32. The second-order valence-corrected chi connectivity index (χ2v) is 5.95. The van der Waals surface area contributed by atoms with Crippen molar-refractivity contribution in [1.29, 1.82) is 5.26 Å². The standard InChI is InChI=1S/C15H22BrN3/c1-4-14(18)15(19(3)10-11(2)9-17)12-5-7-13(16)8-6-12/h5-8,11,14-15H,4,10,18H2,1-3H3. The maximum atomic E-state index is 8.95. The maximum absolute atomic E-state index is 8.95. The van der Waals surface area contributed by atoms with E-state index in [-0.39, 0.29) is 18.0 Å². The number of nitrogens with two attached hydrogens (primary N) is 1. The number of nitriles is 1. The summed E-state index contributed by atoms with van der Waals surface area (Å²) in [6.45, 7) is 4.76. The molecule has 3 nitrogen and oxygen atoms in total. The van der Waals surface area contributed by atoms with Crippen molar-refractivity contribution in [3.8, 4) is 6.07 Å². The zero-order valence-corrected chi connectivity index (χ0v) is 13.4. The Kier molecular flexibility index (Phi) is 6.50. The second-order valence-electron chi connectivity index (χ2n) is 5.04. The van der Waals surface area contributed by atoms with Crippen LogP contribution < -0.4 is 5.73 Å². The average Bonchev–Trinajstić information content (AvgIpc) is 2.40. The lowest BCUT2D eigenvalue weighted by Gasteiger charge is -2.33. The van der Waals surface area contributed by atoms with Gasteiger partial charge >= 0.3 is 0 Å². The van der Waals surface area contributed by atoms with E-state index in [0.717, 1.165) is 17.4 Å². The van der Waals surface area contributed by atoms with Gasteiger partial charge in [0.15, 0.2) is 0 Å². The first kappa shape index (κ1) is 16.2. The van der Waals surface area contributed by atoms with Gasteiger partial charge in [0.05, 0.1) is 12.0 Å². The summed E-state index contributed by atoms with van der Waals surface area (Å²) in [4.78, 5) is 2.19. The molecule has 0 amide bonds. The first-order chi connectivity index (χ1) is 8.99. The zero-order valence-electron chi connectivity index (χ0n) is 11.8. The topological polar surface area (TPSA) is 53.0 Å². The molecule has 0 spiro atoms. The zero-order chi connectivity index (χ0) is 14.4. The number of hydrogen-bond acceptors (Lipinski definition) is 3. The van der Waals surface area contributed by atoms with Crippen LogP contribution in [0.15, 0.2) is 28.7 Å². The van der Waals surface area contributed by atoms with Crippen LogP contribution in [-0.4, -0.2) is 24.5 Å². The van der Waals surface area contributed by atoms with Gasteiger partial charge in [-0.1, -0.05) is 35.0 Å². The van der Waals surface area contributed by atoms with Crippen molar-refractivity contribution in [2.45, 2.75) is 32.4 Å². The molecule has 4 heteroatoms. The smallest absolute Gasteiger partial charge is 0.0666 e. The lowest BCUT2D eigenvalue weighted by Crippen LogP contribution is -2.40. The van der Waals surface area contributed by atoms with Gasteiger partial charge in [0.25, 0.3) is 0 Å². The fraction of sp³-hybridized carbons (Fsp3) is 0.533. The van der Waals surface area contributed by atoms with E-state index >= 15 is 0 Å². The van der Waals surface area contributed by atoms with Crippen LogP contribution in [0.5, 0.6) is 0 Å². The fourth-order valence-corrected chi connectivity index (χ4v) is 2.56. The first-order valence-corrected chi connectivity index (χ1v) is 7.39. The lowest BCUT2D eigenvalue weighted by atomic mass is 9.96. The molecule has 104 valence electrons. The van der Waals surface area contributed by atoms with Crippen molar-refractivity contribution in [2.24, 2.45) is 11.7 Å². The Labute approximate surface area is 124 Å². The van der Waals surface area contributed by atoms with E-state index in [2.05, 4.69) is 46.0 Å². The monoisotopic (exact) mass is 323 g/mol. The molecule has 0 saturated carbocycles. The van der Waals surface area contributed by atoms with Crippen LogP contribution >= 0.6 is 15.9 Å². The van der Waals surface area contributed by atoms with Crippen LogP contribution in [0.2, 0.25) is 0 Å². The van der Waals surface area contributed by atoms with E-state index in [4.69, 9.17) is 11.0 Å². The highest BCUT2D eigenvalue weighted by molar-refractivity contribution is 9.10. The Morgan fingerprint density at radius 1 is 1.37 bits per heavy atom. The van der Waals surface area contributed by atoms with Gasteiger partial charge in [-0.15, -0.1) is 0 Å². The SMILES string of the molecule is CCC(N)C(c1ccc(Br)cc1)N(C)CC(C)C#N. The number of likely N-dealkylation sites (N-methyl/N-ethyl adjacent to an activating group) is 1. The Morgan fingerprint density at radius 3 is 2.42 bits per heavy atom. The van der Waals surface area contributed by atoms with Crippen LogP contribution in [-0.2, 0) is 0 Å². The molecule has 0 bridgehead atoms. The molecule has 0 aliphatic rings. The highest BCUT2D eigenvalue weighted by Gasteiger charge is 2.24. The molecule has 19 heavy (non-hydrogen) atoms. The van der Waals surface area contributed by atoms with E-state index < -0.39 is 0 Å². The minimum Gasteiger partial charge on any atom is -0.326 e. The van der Waals surface area contributed by atoms with Crippen molar-refractivity contribution in [2.75, 3.05) is 13.6 Å². The molecular weight excluding hydrogens is 302 g/mol. The summed E-state index contributed by atoms with van der Waals surface area (Å²) in [5.74, 6) is 0.00649. The highest BCUT2D eigenvalue weighted by Crippen LogP contribution is 2.26. The third kappa shape index (κ3) is 4.61. The lowest BCUT2D eigenvalue weighted by molar-refractivity contribution is 0.197. The van der Waals surface area contributed by atoms with Crippen LogP contribution in [0.25, 0.3) is 0 Å². The van der Waals surface area contributed by atoms with Gasteiger partial charge < -0.3 is 5.73 Å². The summed E-state index contributed by atoms with van der Waals surface area (Å²) in [7, 11) is 2.04. The molecule has 3 atom stereocenters. The van der Waals surface area contributed by atoms with Crippen LogP contribution in [0.4, 0.5) is 0 Å². The minimum atomic E-state index is 0.00649. The minimum absolute atomic E-state index is 0.00649. The summed E-state index contributed by atoms with van der Waals surface area (Å²) in [5.41, 5.74) is 7.47. The van der Waals surface area contributed by atoms with Gasteiger partial charge in [-0.05, 0) is 38.1 Å². The van der Waals surface area contributed by atoms with Gasteiger partial charge in [-0.3, -0.25) is 4.90 Å². The number of rotatable bonds is 6. The van der Waals surface area contributed by atoms with Crippen molar-refractivity contribution in [3.63, 3.8) is 0 Å². The predicted molar refractivity (Wildman–Crippen MR) is 82.6 cm³/mol. The Morgan fingerprint density at radius 2 is 1.95 bits per heavy atom. The molecule has 0 aromatic heterocycles. The number of hydrogen-bond donors (Lipinski definition) is 1. The summed E-state index contributed by atoms with van der Waals surface area (Å²) in [6, 6.07) is 10.8. The molecule has 0 radical (unpaired) electrons. The summed E-state index contributed by atoms with van der Waals surface area (Å²) < 4.78 is 1.06. The third-order valence-electron chi connectivity index (χ3n) is 3.35. The molecule has 0 heterocycles. The molecule has 1 aromatic rings. The fourth-order valence-electron chi connectivity index (χ4n) is 2.30. The van der Waals surface area contributed by atoms with Crippen LogP contribution in [0, 0.1) is 17.2 Å². The van der Waals surface area contributed by atoms with Crippen molar-refractivity contribution < 1.29 is 0 Å². The summed E-state index contributed by atoms with van der Waals surface area (Å²) in [6.07, 6.45) is 0.909.